The molecule has 0 aromatic carbocycles. The third-order valence-electron chi connectivity index (χ3n) is 4.84. The van der Waals surface area contributed by atoms with E-state index in [2.05, 4.69) is 15.3 Å². The topological polar surface area (TPSA) is 95.4 Å². The predicted molar refractivity (Wildman–Crippen MR) is 83.4 cm³/mol. The molecule has 23 heavy (non-hydrogen) atoms. The number of nitrogens with one attached hydrogen (secondary N) is 1. The largest absolute Gasteiger partial charge is 0.480 e. The number of nitrogens with zero attached hydrogens (tertiary/aromatic N) is 3. The Morgan fingerprint density at radius 2 is 2.13 bits per heavy atom. The molecule has 0 bridgehead atoms. The van der Waals surface area contributed by atoms with Gasteiger partial charge in [0.1, 0.15) is 11.9 Å². The second-order valence-electron chi connectivity index (χ2n) is 6.38. The van der Waals surface area contributed by atoms with Crippen molar-refractivity contribution in [3.05, 3.63) is 22.7 Å². The number of hydrogen-bond acceptors (Lipinski definition) is 5. The third-order valence-corrected chi connectivity index (χ3v) is 5.11. The summed E-state index contributed by atoms with van der Waals surface area (Å²) in [7, 11) is 0. The van der Waals surface area contributed by atoms with Crippen LogP contribution < -0.4 is 5.32 Å². The molecular weight excluding hydrogens is 320 g/mol. The van der Waals surface area contributed by atoms with Crippen molar-refractivity contribution in [1.82, 2.24) is 20.2 Å². The van der Waals surface area contributed by atoms with Gasteiger partial charge in [0.15, 0.2) is 5.69 Å². The molecular formula is C15H19ClN4O3. The molecule has 2 fully saturated rings. The normalized spacial score (nSPS) is 23.2. The number of carbonyl (C=O) groups is 2. The molecule has 2 aliphatic rings. The van der Waals surface area contributed by atoms with Crippen molar-refractivity contribution in [3.8, 4) is 0 Å². The van der Waals surface area contributed by atoms with Crippen LogP contribution in [0.25, 0.3) is 0 Å². The molecule has 1 unspecified atom stereocenters. The fourth-order valence-corrected chi connectivity index (χ4v) is 3.58. The Kier molecular flexibility index (Phi) is 4.25. The minimum atomic E-state index is -0.802. The smallest absolute Gasteiger partial charge is 0.320 e. The molecule has 1 aromatic rings. The van der Waals surface area contributed by atoms with E-state index in [4.69, 9.17) is 16.7 Å². The average Bonchev–Trinajstić information content (AvgIpc) is 2.94. The zero-order valence-electron chi connectivity index (χ0n) is 12.9. The highest BCUT2D eigenvalue weighted by atomic mass is 35.5. The van der Waals surface area contributed by atoms with Gasteiger partial charge in [0, 0.05) is 19.6 Å². The first kappa shape index (κ1) is 16.1. The maximum atomic E-state index is 12.6. The molecule has 7 nitrogen and oxygen atoms in total. The first-order chi connectivity index (χ1) is 10.9. The average molecular weight is 339 g/mol. The van der Waals surface area contributed by atoms with Crippen molar-refractivity contribution in [3.63, 3.8) is 0 Å². The number of halogens is 1. The molecule has 2 saturated heterocycles. The van der Waals surface area contributed by atoms with E-state index < -0.39 is 12.0 Å². The maximum Gasteiger partial charge on any atom is 0.320 e. The molecule has 1 spiro atoms. The Morgan fingerprint density at radius 3 is 2.74 bits per heavy atom. The number of rotatable bonds is 2. The number of carboxylic acids is 1. The van der Waals surface area contributed by atoms with Crippen molar-refractivity contribution < 1.29 is 14.7 Å². The Hall–Kier alpha value is -1.73. The van der Waals surface area contributed by atoms with Gasteiger partial charge in [0.25, 0.3) is 5.91 Å². The van der Waals surface area contributed by atoms with Gasteiger partial charge in [0.05, 0.1) is 11.2 Å². The standard InChI is InChI=1S/C15H19ClN4O3/c1-9-17-7-10(16)12(19-9)13(21)20-4-2-15(3-5-20)6-11(14(22)23)18-8-15/h7,11,18H,2-6,8H2,1H3,(H,22,23). The van der Waals surface area contributed by atoms with Crippen LogP contribution in [-0.2, 0) is 4.79 Å². The highest BCUT2D eigenvalue weighted by Gasteiger charge is 2.44. The number of aromatic nitrogens is 2. The van der Waals surface area contributed by atoms with Gasteiger partial charge < -0.3 is 15.3 Å². The molecule has 8 heteroatoms. The minimum Gasteiger partial charge on any atom is -0.480 e. The van der Waals surface area contributed by atoms with E-state index in [9.17, 15) is 9.59 Å². The Bertz CT molecular complexity index is 644. The van der Waals surface area contributed by atoms with Gasteiger partial charge in [-0.3, -0.25) is 9.59 Å². The van der Waals surface area contributed by atoms with Crippen LogP contribution in [0.3, 0.4) is 0 Å². The highest BCUT2D eigenvalue weighted by molar-refractivity contribution is 6.33. The predicted octanol–water partition coefficient (Wildman–Crippen LogP) is 1.11. The molecule has 0 saturated carbocycles. The number of carboxylic acid groups (broad SMARTS) is 1. The maximum absolute atomic E-state index is 12.6. The second kappa shape index (κ2) is 6.05. The van der Waals surface area contributed by atoms with E-state index in [1.807, 2.05) is 0 Å². The van der Waals surface area contributed by atoms with Gasteiger partial charge in [-0.2, -0.15) is 0 Å². The Balaban J connectivity index is 1.66. The van der Waals surface area contributed by atoms with Gasteiger partial charge >= 0.3 is 5.97 Å². The van der Waals surface area contributed by atoms with E-state index in [-0.39, 0.29) is 22.0 Å². The summed E-state index contributed by atoms with van der Waals surface area (Å²) in [5.41, 5.74) is 0.216. The number of likely N-dealkylation sites (tertiary alicyclic amines) is 1. The van der Waals surface area contributed by atoms with Crippen LogP contribution >= 0.6 is 11.6 Å². The Labute approximate surface area is 139 Å². The summed E-state index contributed by atoms with van der Waals surface area (Å²) in [6, 6.07) is -0.476. The minimum absolute atomic E-state index is 0.0226. The lowest BCUT2D eigenvalue weighted by Crippen LogP contribution is -2.44. The number of aryl methyl sites for hydroxylation is 1. The summed E-state index contributed by atoms with van der Waals surface area (Å²) in [6.07, 6.45) is 3.65. The van der Waals surface area contributed by atoms with Crippen LogP contribution in [0.5, 0.6) is 0 Å². The Morgan fingerprint density at radius 1 is 1.43 bits per heavy atom. The summed E-state index contributed by atoms with van der Waals surface area (Å²) < 4.78 is 0. The molecule has 1 aromatic heterocycles. The lowest BCUT2D eigenvalue weighted by atomic mass is 9.76. The molecule has 3 heterocycles. The number of hydrogen-bond donors (Lipinski definition) is 2. The quantitative estimate of drug-likeness (QED) is 0.838. The molecule has 2 aliphatic heterocycles. The highest BCUT2D eigenvalue weighted by Crippen LogP contribution is 2.39. The van der Waals surface area contributed by atoms with Crippen LogP contribution in [0.4, 0.5) is 0 Å². The lowest BCUT2D eigenvalue weighted by Gasteiger charge is -2.38. The number of aliphatic carboxylic acids is 1. The molecule has 1 atom stereocenters. The van der Waals surface area contributed by atoms with E-state index >= 15 is 0 Å². The summed E-state index contributed by atoms with van der Waals surface area (Å²) in [5, 5.41) is 12.4. The van der Waals surface area contributed by atoms with Gasteiger partial charge in [-0.1, -0.05) is 11.6 Å². The van der Waals surface area contributed by atoms with Crippen molar-refractivity contribution in [2.24, 2.45) is 5.41 Å². The zero-order chi connectivity index (χ0) is 16.6. The molecule has 0 radical (unpaired) electrons. The van der Waals surface area contributed by atoms with Crippen LogP contribution in [0.1, 0.15) is 35.6 Å². The van der Waals surface area contributed by atoms with Gasteiger partial charge in [-0.25, -0.2) is 9.97 Å². The SMILES string of the molecule is Cc1ncc(Cl)c(C(=O)N2CCC3(CC2)CNC(C(=O)O)C3)n1. The van der Waals surface area contributed by atoms with Crippen molar-refractivity contribution in [1.29, 1.82) is 0 Å². The fraction of sp³-hybridized carbons (Fsp3) is 0.600. The lowest BCUT2D eigenvalue weighted by molar-refractivity contribution is -0.139. The first-order valence-corrected chi connectivity index (χ1v) is 8.03. The molecule has 0 aliphatic carbocycles. The van der Waals surface area contributed by atoms with Crippen LogP contribution in [0.2, 0.25) is 5.02 Å². The van der Waals surface area contributed by atoms with Crippen LogP contribution in [0.15, 0.2) is 6.20 Å². The van der Waals surface area contributed by atoms with E-state index in [1.54, 1.807) is 11.8 Å². The van der Waals surface area contributed by atoms with Gasteiger partial charge in [-0.05, 0) is 31.6 Å². The van der Waals surface area contributed by atoms with E-state index in [1.165, 1.54) is 6.20 Å². The zero-order valence-corrected chi connectivity index (χ0v) is 13.6. The first-order valence-electron chi connectivity index (χ1n) is 7.65. The summed E-state index contributed by atoms with van der Waals surface area (Å²) in [4.78, 5) is 33.6. The molecule has 124 valence electrons. The number of amides is 1. The number of piperidine rings is 1. The summed E-state index contributed by atoms with van der Waals surface area (Å²) >= 11 is 6.04. The van der Waals surface area contributed by atoms with Crippen molar-refractivity contribution in [2.75, 3.05) is 19.6 Å². The summed E-state index contributed by atoms with van der Waals surface area (Å²) in [6.45, 7) is 3.59. The van der Waals surface area contributed by atoms with Crippen molar-refractivity contribution >= 4 is 23.5 Å². The molecule has 2 N–H and O–H groups in total. The van der Waals surface area contributed by atoms with Crippen molar-refractivity contribution in [2.45, 2.75) is 32.2 Å². The van der Waals surface area contributed by atoms with E-state index in [0.717, 1.165) is 12.8 Å². The van der Waals surface area contributed by atoms with Crippen LogP contribution in [-0.4, -0.2) is 57.5 Å². The van der Waals surface area contributed by atoms with E-state index in [0.29, 0.717) is 31.9 Å². The van der Waals surface area contributed by atoms with Crippen LogP contribution in [0, 0.1) is 12.3 Å². The van der Waals surface area contributed by atoms with Gasteiger partial charge in [0.2, 0.25) is 0 Å². The molecule has 3 rings (SSSR count). The fourth-order valence-electron chi connectivity index (χ4n) is 3.41. The number of carbonyl (C=O) groups excluding carboxylic acids is 1. The second-order valence-corrected chi connectivity index (χ2v) is 6.79. The third kappa shape index (κ3) is 3.16. The molecule has 1 amide bonds. The summed E-state index contributed by atoms with van der Waals surface area (Å²) in [5.74, 6) is -0.477. The monoisotopic (exact) mass is 338 g/mol. The van der Waals surface area contributed by atoms with Gasteiger partial charge in [-0.15, -0.1) is 0 Å².